The van der Waals surface area contributed by atoms with E-state index in [1.54, 1.807) is 23.0 Å². The zero-order valence-electron chi connectivity index (χ0n) is 16.6. The van der Waals surface area contributed by atoms with Crippen molar-refractivity contribution in [2.24, 2.45) is 0 Å². The molecule has 6 nitrogen and oxygen atoms in total. The van der Waals surface area contributed by atoms with Gasteiger partial charge in [0.1, 0.15) is 17.3 Å². The van der Waals surface area contributed by atoms with Crippen LogP contribution in [0.4, 0.5) is 5.69 Å². The lowest BCUT2D eigenvalue weighted by atomic mass is 10.1. The number of amides is 1. The lowest BCUT2D eigenvalue weighted by Gasteiger charge is -2.07. The van der Waals surface area contributed by atoms with Gasteiger partial charge in [-0.15, -0.1) is 5.10 Å². The topological polar surface area (TPSA) is 83.6 Å². The summed E-state index contributed by atoms with van der Waals surface area (Å²) in [5, 5.41) is 22.4. The van der Waals surface area contributed by atoms with Crippen molar-refractivity contribution in [3.05, 3.63) is 108 Å². The summed E-state index contributed by atoms with van der Waals surface area (Å²) in [4.78, 5) is 12.6. The molecule has 0 saturated heterocycles. The Morgan fingerprint density at radius 1 is 1.03 bits per heavy atom. The Morgan fingerprint density at radius 2 is 1.81 bits per heavy atom. The molecule has 150 valence electrons. The van der Waals surface area contributed by atoms with Gasteiger partial charge in [-0.2, -0.15) is 5.26 Å². The first-order valence-electron chi connectivity index (χ1n) is 9.74. The van der Waals surface area contributed by atoms with Crippen molar-refractivity contribution < 1.29 is 4.79 Å². The minimum atomic E-state index is -0.462. The maximum atomic E-state index is 12.6. The summed E-state index contributed by atoms with van der Waals surface area (Å²) in [5.74, 6) is -0.462. The number of anilines is 1. The monoisotopic (exact) mass is 405 g/mol. The van der Waals surface area contributed by atoms with Gasteiger partial charge in [-0.25, -0.2) is 4.68 Å². The second-order valence-corrected chi connectivity index (χ2v) is 6.86. The van der Waals surface area contributed by atoms with E-state index < -0.39 is 5.91 Å². The molecule has 1 amide bonds. The summed E-state index contributed by atoms with van der Waals surface area (Å²) in [7, 11) is 0. The first-order chi connectivity index (χ1) is 15.2. The predicted octanol–water partition coefficient (Wildman–Crippen LogP) is 4.58. The van der Waals surface area contributed by atoms with Crippen molar-refractivity contribution in [1.29, 1.82) is 5.26 Å². The third kappa shape index (κ3) is 4.92. The molecule has 0 atom stereocenters. The van der Waals surface area contributed by atoms with Gasteiger partial charge in [-0.3, -0.25) is 4.79 Å². The number of aromatic nitrogens is 3. The summed E-state index contributed by atoms with van der Waals surface area (Å²) in [6.07, 6.45) is 6.60. The highest BCUT2D eigenvalue weighted by molar-refractivity contribution is 6.10. The van der Waals surface area contributed by atoms with Crippen LogP contribution in [0.25, 0.3) is 16.8 Å². The normalized spacial score (nSPS) is 11.5. The Balaban J connectivity index is 1.44. The van der Waals surface area contributed by atoms with E-state index in [4.69, 9.17) is 0 Å². The first-order valence-corrected chi connectivity index (χ1v) is 9.74. The Bertz CT molecular complexity index is 1310. The predicted molar refractivity (Wildman–Crippen MR) is 121 cm³/mol. The average Bonchev–Trinajstić information content (AvgIpc) is 3.24. The van der Waals surface area contributed by atoms with Gasteiger partial charge < -0.3 is 5.32 Å². The number of allylic oxidation sites excluding steroid dienone is 2. The largest absolute Gasteiger partial charge is 0.321 e. The molecule has 0 bridgehead atoms. The molecule has 1 heterocycles. The summed E-state index contributed by atoms with van der Waals surface area (Å²) < 4.78 is 1.73. The van der Waals surface area contributed by atoms with Crippen LogP contribution in [-0.2, 0) is 11.3 Å². The average molecular weight is 405 g/mol. The smallest absolute Gasteiger partial charge is 0.266 e. The number of hydrogen-bond donors (Lipinski definition) is 1. The Hall–Kier alpha value is -4.50. The second kappa shape index (κ2) is 9.33. The van der Waals surface area contributed by atoms with Crippen LogP contribution in [0, 0.1) is 11.3 Å². The summed E-state index contributed by atoms with van der Waals surface area (Å²) in [6, 6.07) is 25.3. The lowest BCUT2D eigenvalue weighted by molar-refractivity contribution is -0.112. The van der Waals surface area contributed by atoms with Crippen molar-refractivity contribution in [2.75, 3.05) is 5.32 Å². The number of fused-ring (bicyclic) bond motifs is 1. The van der Waals surface area contributed by atoms with E-state index in [2.05, 4.69) is 15.6 Å². The molecule has 4 rings (SSSR count). The minimum Gasteiger partial charge on any atom is -0.321 e. The van der Waals surface area contributed by atoms with Crippen LogP contribution in [-0.4, -0.2) is 20.9 Å². The van der Waals surface area contributed by atoms with Crippen molar-refractivity contribution in [3.63, 3.8) is 0 Å². The standard InChI is InChI=1S/C25H19N5O/c26-16-21(25(31)27-24-15-7-11-20-10-4-5-14-23(20)24)12-6-13-22-18-30(29-28-22)17-19-8-2-1-3-9-19/h1-15,18H,17H2,(H,27,31)/b13-6+,21-12+. The zero-order chi connectivity index (χ0) is 21.5. The fourth-order valence-corrected chi connectivity index (χ4v) is 3.17. The number of nitrogens with zero attached hydrogens (tertiary/aromatic N) is 4. The maximum absolute atomic E-state index is 12.6. The van der Waals surface area contributed by atoms with E-state index in [0.29, 0.717) is 17.9 Å². The molecule has 1 N–H and O–H groups in total. The van der Waals surface area contributed by atoms with Gasteiger partial charge in [0.25, 0.3) is 5.91 Å². The molecule has 0 unspecified atom stereocenters. The summed E-state index contributed by atoms with van der Waals surface area (Å²) >= 11 is 0. The van der Waals surface area contributed by atoms with Gasteiger partial charge in [0, 0.05) is 11.1 Å². The van der Waals surface area contributed by atoms with Crippen molar-refractivity contribution >= 4 is 28.4 Å². The van der Waals surface area contributed by atoms with Crippen molar-refractivity contribution in [3.8, 4) is 6.07 Å². The molecule has 31 heavy (non-hydrogen) atoms. The van der Waals surface area contributed by atoms with Crippen molar-refractivity contribution in [1.82, 2.24) is 15.0 Å². The first kappa shape index (κ1) is 19.8. The second-order valence-electron chi connectivity index (χ2n) is 6.86. The molecule has 0 saturated carbocycles. The molecular formula is C25H19N5O. The molecule has 0 aliphatic carbocycles. The highest BCUT2D eigenvalue weighted by Gasteiger charge is 2.10. The van der Waals surface area contributed by atoms with E-state index in [1.165, 1.54) is 6.08 Å². The van der Waals surface area contributed by atoms with Crippen LogP contribution >= 0.6 is 0 Å². The molecule has 0 radical (unpaired) electrons. The Labute approximate surface area is 179 Å². The van der Waals surface area contributed by atoms with Crippen molar-refractivity contribution in [2.45, 2.75) is 6.54 Å². The third-order valence-electron chi connectivity index (χ3n) is 4.68. The molecule has 3 aromatic carbocycles. The van der Waals surface area contributed by atoms with Gasteiger partial charge in [-0.05, 0) is 29.2 Å². The van der Waals surface area contributed by atoms with Crippen LogP contribution in [0.3, 0.4) is 0 Å². The molecule has 0 aliphatic rings. The van der Waals surface area contributed by atoms with E-state index in [9.17, 15) is 10.1 Å². The van der Waals surface area contributed by atoms with Gasteiger partial charge in [0.2, 0.25) is 0 Å². The van der Waals surface area contributed by atoms with Gasteiger partial charge >= 0.3 is 0 Å². The quantitative estimate of drug-likeness (QED) is 0.289. The van der Waals surface area contributed by atoms with Crippen LogP contribution in [0.1, 0.15) is 11.3 Å². The highest BCUT2D eigenvalue weighted by atomic mass is 16.1. The Kier molecular flexibility index (Phi) is 5.96. The van der Waals surface area contributed by atoms with Crippen LogP contribution < -0.4 is 5.32 Å². The highest BCUT2D eigenvalue weighted by Crippen LogP contribution is 2.23. The van der Waals surface area contributed by atoms with E-state index in [-0.39, 0.29) is 5.57 Å². The van der Waals surface area contributed by atoms with Gasteiger partial charge in [-0.1, -0.05) is 78.0 Å². The molecule has 4 aromatic rings. The molecule has 0 spiro atoms. The summed E-state index contributed by atoms with van der Waals surface area (Å²) in [5.41, 5.74) is 2.43. The number of carbonyl (C=O) groups excluding carboxylic acids is 1. The van der Waals surface area contributed by atoms with E-state index >= 15 is 0 Å². The maximum Gasteiger partial charge on any atom is 0.266 e. The number of hydrogen-bond acceptors (Lipinski definition) is 4. The van der Waals surface area contributed by atoms with Gasteiger partial charge in [0.15, 0.2) is 0 Å². The number of benzene rings is 3. The van der Waals surface area contributed by atoms with E-state index in [0.717, 1.165) is 16.3 Å². The number of rotatable bonds is 6. The van der Waals surface area contributed by atoms with Crippen LogP contribution in [0.15, 0.2) is 96.7 Å². The van der Waals surface area contributed by atoms with Gasteiger partial charge in [0.05, 0.1) is 12.7 Å². The van der Waals surface area contributed by atoms with Crippen LogP contribution in [0.2, 0.25) is 0 Å². The molecule has 6 heteroatoms. The molecule has 1 aromatic heterocycles. The SMILES string of the molecule is N#C/C(=C\C=C\c1cn(Cc2ccccc2)nn1)C(=O)Nc1cccc2ccccc12. The number of nitrogens with one attached hydrogen (secondary N) is 1. The summed E-state index contributed by atoms with van der Waals surface area (Å²) in [6.45, 7) is 0.619. The zero-order valence-corrected chi connectivity index (χ0v) is 16.6. The molecule has 0 aliphatic heterocycles. The molecule has 0 fully saturated rings. The van der Waals surface area contributed by atoms with Crippen LogP contribution in [0.5, 0.6) is 0 Å². The number of carbonyl (C=O) groups is 1. The third-order valence-corrected chi connectivity index (χ3v) is 4.68. The minimum absolute atomic E-state index is 0.000798. The number of nitriles is 1. The fraction of sp³-hybridized carbons (Fsp3) is 0.0400. The lowest BCUT2D eigenvalue weighted by Crippen LogP contribution is -2.13. The molecular weight excluding hydrogens is 386 g/mol. The fourth-order valence-electron chi connectivity index (χ4n) is 3.17. The van der Waals surface area contributed by atoms with E-state index in [1.807, 2.05) is 78.9 Å². The Morgan fingerprint density at radius 3 is 2.65 bits per heavy atom.